The molecule has 1 aliphatic rings. The summed E-state index contributed by atoms with van der Waals surface area (Å²) in [5.74, 6) is 0. The van der Waals surface area contributed by atoms with Gasteiger partial charge in [0.05, 0.1) is 6.04 Å². The standard InChI is InChI=1S/C12H12N/c1-3-7-11(8-4-1)13-12-9-5-2-6-10-12/h1-11,13H. The molecule has 1 radical (unpaired) electrons. The molecule has 1 heteroatoms. The van der Waals surface area contributed by atoms with Crippen LogP contribution in [-0.2, 0) is 0 Å². The molecule has 0 bridgehead atoms. The zero-order chi connectivity index (χ0) is 8.93. The molecule has 0 fully saturated rings. The number of hydrogen-bond donors (Lipinski definition) is 1. The van der Waals surface area contributed by atoms with Crippen LogP contribution in [0.15, 0.2) is 54.6 Å². The molecule has 1 N–H and O–H groups in total. The molecule has 0 saturated carbocycles. The number of anilines is 1. The average Bonchev–Trinajstić information content (AvgIpc) is 2.21. The van der Waals surface area contributed by atoms with Crippen molar-refractivity contribution in [2.45, 2.75) is 6.04 Å². The molecule has 1 aromatic rings. The Hall–Kier alpha value is -1.50. The van der Waals surface area contributed by atoms with Crippen LogP contribution in [0.4, 0.5) is 5.69 Å². The SMILES string of the molecule is [CH]1C=CC=CC1Nc1ccccc1. The first kappa shape index (κ1) is 8.11. The Morgan fingerprint density at radius 1 is 0.923 bits per heavy atom. The second-order valence-electron chi connectivity index (χ2n) is 3.00. The molecule has 13 heavy (non-hydrogen) atoms. The average molecular weight is 170 g/mol. The highest BCUT2D eigenvalue weighted by atomic mass is 14.9. The first-order valence-corrected chi connectivity index (χ1v) is 4.45. The highest BCUT2D eigenvalue weighted by molar-refractivity contribution is 5.46. The maximum atomic E-state index is 3.39. The van der Waals surface area contributed by atoms with Crippen molar-refractivity contribution in [1.82, 2.24) is 0 Å². The van der Waals surface area contributed by atoms with Gasteiger partial charge in [0.1, 0.15) is 0 Å². The van der Waals surface area contributed by atoms with Crippen LogP contribution in [0, 0.1) is 6.42 Å². The molecule has 1 aromatic carbocycles. The van der Waals surface area contributed by atoms with Gasteiger partial charge in [-0.25, -0.2) is 0 Å². The van der Waals surface area contributed by atoms with Crippen LogP contribution < -0.4 is 5.32 Å². The first-order chi connectivity index (χ1) is 6.45. The monoisotopic (exact) mass is 170 g/mol. The molecule has 0 heterocycles. The number of para-hydroxylation sites is 1. The van der Waals surface area contributed by atoms with Crippen LogP contribution in [0.1, 0.15) is 0 Å². The summed E-state index contributed by atoms with van der Waals surface area (Å²) in [6.07, 6.45) is 10.4. The van der Waals surface area contributed by atoms with Crippen LogP contribution >= 0.6 is 0 Å². The van der Waals surface area contributed by atoms with E-state index in [4.69, 9.17) is 0 Å². The van der Waals surface area contributed by atoms with Crippen molar-refractivity contribution in [3.63, 3.8) is 0 Å². The van der Waals surface area contributed by atoms with Crippen molar-refractivity contribution < 1.29 is 0 Å². The number of hydrogen-bond acceptors (Lipinski definition) is 1. The predicted octanol–water partition coefficient (Wildman–Crippen LogP) is 2.80. The Bertz CT molecular complexity index is 311. The van der Waals surface area contributed by atoms with E-state index in [2.05, 4.69) is 42.1 Å². The van der Waals surface area contributed by atoms with Crippen LogP contribution in [0.5, 0.6) is 0 Å². The van der Waals surface area contributed by atoms with Gasteiger partial charge in [0.2, 0.25) is 0 Å². The Kier molecular flexibility index (Phi) is 2.46. The normalized spacial score (nSPS) is 20.2. The summed E-state index contributed by atoms with van der Waals surface area (Å²) in [7, 11) is 0. The van der Waals surface area contributed by atoms with E-state index in [-0.39, 0.29) is 0 Å². The molecule has 1 atom stereocenters. The summed E-state index contributed by atoms with van der Waals surface area (Å²) in [4.78, 5) is 0. The lowest BCUT2D eigenvalue weighted by molar-refractivity contribution is 1.04. The lowest BCUT2D eigenvalue weighted by Gasteiger charge is -2.15. The van der Waals surface area contributed by atoms with Gasteiger partial charge in [-0.05, 0) is 12.1 Å². The molecule has 0 aliphatic heterocycles. The van der Waals surface area contributed by atoms with E-state index in [1.807, 2.05) is 24.3 Å². The maximum absolute atomic E-state index is 3.39. The van der Waals surface area contributed by atoms with E-state index in [1.165, 1.54) is 0 Å². The van der Waals surface area contributed by atoms with Crippen LogP contribution in [0.2, 0.25) is 0 Å². The smallest absolute Gasteiger partial charge is 0.0516 e. The Morgan fingerprint density at radius 3 is 2.46 bits per heavy atom. The summed E-state index contributed by atoms with van der Waals surface area (Å²) in [5, 5.41) is 3.39. The third-order valence-electron chi connectivity index (χ3n) is 1.97. The van der Waals surface area contributed by atoms with Crippen molar-refractivity contribution in [2.24, 2.45) is 0 Å². The van der Waals surface area contributed by atoms with Crippen molar-refractivity contribution in [1.29, 1.82) is 0 Å². The van der Waals surface area contributed by atoms with Crippen LogP contribution in [0.3, 0.4) is 0 Å². The van der Waals surface area contributed by atoms with Gasteiger partial charge in [-0.15, -0.1) is 0 Å². The summed E-state index contributed by atoms with van der Waals surface area (Å²) >= 11 is 0. The van der Waals surface area contributed by atoms with Gasteiger partial charge in [0.15, 0.2) is 0 Å². The second-order valence-corrected chi connectivity index (χ2v) is 3.00. The zero-order valence-electron chi connectivity index (χ0n) is 7.35. The third-order valence-corrected chi connectivity index (χ3v) is 1.97. The highest BCUT2D eigenvalue weighted by Gasteiger charge is 2.03. The predicted molar refractivity (Wildman–Crippen MR) is 56.4 cm³/mol. The minimum Gasteiger partial charge on any atom is -0.378 e. The van der Waals surface area contributed by atoms with Gasteiger partial charge in [-0.3, -0.25) is 0 Å². The van der Waals surface area contributed by atoms with Gasteiger partial charge < -0.3 is 5.32 Å². The van der Waals surface area contributed by atoms with Gasteiger partial charge in [0, 0.05) is 12.1 Å². The largest absolute Gasteiger partial charge is 0.378 e. The number of benzene rings is 1. The van der Waals surface area contributed by atoms with Crippen LogP contribution in [-0.4, -0.2) is 6.04 Å². The van der Waals surface area contributed by atoms with E-state index in [0.717, 1.165) is 5.69 Å². The summed E-state index contributed by atoms with van der Waals surface area (Å²) in [5.41, 5.74) is 1.16. The fourth-order valence-electron chi connectivity index (χ4n) is 1.32. The minimum atomic E-state index is 0.326. The lowest BCUT2D eigenvalue weighted by atomic mass is 10.1. The zero-order valence-corrected chi connectivity index (χ0v) is 7.35. The minimum absolute atomic E-state index is 0.326. The fourth-order valence-corrected chi connectivity index (χ4v) is 1.32. The Labute approximate surface area is 78.8 Å². The van der Waals surface area contributed by atoms with Gasteiger partial charge in [0.25, 0.3) is 0 Å². The first-order valence-electron chi connectivity index (χ1n) is 4.45. The molecule has 1 aliphatic carbocycles. The quantitative estimate of drug-likeness (QED) is 0.719. The van der Waals surface area contributed by atoms with E-state index in [0.29, 0.717) is 6.04 Å². The number of rotatable bonds is 2. The van der Waals surface area contributed by atoms with Crippen molar-refractivity contribution >= 4 is 5.69 Å². The molecule has 1 nitrogen and oxygen atoms in total. The number of nitrogens with one attached hydrogen (secondary N) is 1. The molecular formula is C12H12N. The Balaban J connectivity index is 1.99. The molecule has 65 valence electrons. The van der Waals surface area contributed by atoms with E-state index in [9.17, 15) is 0 Å². The topological polar surface area (TPSA) is 12.0 Å². The lowest BCUT2D eigenvalue weighted by Crippen LogP contribution is -2.17. The third kappa shape index (κ3) is 2.22. The summed E-state index contributed by atoms with van der Waals surface area (Å²) < 4.78 is 0. The second kappa shape index (κ2) is 3.94. The van der Waals surface area contributed by atoms with Crippen molar-refractivity contribution in [2.75, 3.05) is 5.32 Å². The summed E-state index contributed by atoms with van der Waals surface area (Å²) in [6, 6.07) is 10.5. The molecule has 0 spiro atoms. The van der Waals surface area contributed by atoms with Crippen molar-refractivity contribution in [3.05, 3.63) is 61.1 Å². The molecule has 0 aromatic heterocycles. The van der Waals surface area contributed by atoms with E-state index < -0.39 is 0 Å². The maximum Gasteiger partial charge on any atom is 0.0516 e. The fraction of sp³-hybridized carbons (Fsp3) is 0.0833. The summed E-state index contributed by atoms with van der Waals surface area (Å²) in [6.45, 7) is 0. The van der Waals surface area contributed by atoms with E-state index >= 15 is 0 Å². The van der Waals surface area contributed by atoms with Crippen molar-refractivity contribution in [3.8, 4) is 0 Å². The highest BCUT2D eigenvalue weighted by Crippen LogP contribution is 2.11. The van der Waals surface area contributed by atoms with Gasteiger partial charge >= 0.3 is 0 Å². The molecule has 0 amide bonds. The van der Waals surface area contributed by atoms with Gasteiger partial charge in [-0.2, -0.15) is 0 Å². The van der Waals surface area contributed by atoms with Gasteiger partial charge in [-0.1, -0.05) is 42.5 Å². The number of allylic oxidation sites excluding steroid dienone is 2. The molecule has 1 unspecified atom stereocenters. The van der Waals surface area contributed by atoms with E-state index in [1.54, 1.807) is 0 Å². The Morgan fingerprint density at radius 2 is 1.77 bits per heavy atom. The molecule has 0 saturated heterocycles. The molecule has 2 rings (SSSR count). The molecular weight excluding hydrogens is 158 g/mol. The van der Waals surface area contributed by atoms with Crippen LogP contribution in [0.25, 0.3) is 0 Å².